The summed E-state index contributed by atoms with van der Waals surface area (Å²) in [6.45, 7) is 2.40. The van der Waals surface area contributed by atoms with Gasteiger partial charge in [0.25, 0.3) is 25.8 Å². The van der Waals surface area contributed by atoms with Crippen LogP contribution in [-0.4, -0.2) is 44.0 Å². The zero-order chi connectivity index (χ0) is 28.4. The smallest absolute Gasteiger partial charge is 0.374 e. The van der Waals surface area contributed by atoms with E-state index >= 15 is 0 Å². The van der Waals surface area contributed by atoms with Crippen LogP contribution in [0, 0.1) is 0 Å². The van der Waals surface area contributed by atoms with E-state index in [1.54, 1.807) is 34.9 Å². The SMILES string of the molecule is CCC(=Cc1oc2ccc(Cl)c(Cl)c2[n+]1CCCS(=O)(=O)O)C=C1Oc2ccccc2N1CCCS(=O)(=O)O. The first-order chi connectivity index (χ1) is 18.4. The van der Waals surface area contributed by atoms with E-state index in [-0.39, 0.29) is 36.7 Å². The van der Waals surface area contributed by atoms with Gasteiger partial charge in [-0.3, -0.25) is 9.11 Å². The quantitative estimate of drug-likeness (QED) is 0.222. The van der Waals surface area contributed by atoms with E-state index in [2.05, 4.69) is 0 Å². The normalized spacial score (nSPS) is 15.3. The van der Waals surface area contributed by atoms with Crippen LogP contribution in [0.15, 0.2) is 58.3 Å². The van der Waals surface area contributed by atoms with E-state index in [0.29, 0.717) is 40.1 Å². The van der Waals surface area contributed by atoms with Gasteiger partial charge in [-0.1, -0.05) is 42.3 Å². The number of hydrogen-bond acceptors (Lipinski definition) is 7. The van der Waals surface area contributed by atoms with Gasteiger partial charge in [-0.2, -0.15) is 21.4 Å². The zero-order valence-corrected chi connectivity index (χ0v) is 24.0. The Balaban J connectivity index is 1.72. The van der Waals surface area contributed by atoms with Crippen molar-refractivity contribution in [3.8, 4) is 5.75 Å². The summed E-state index contributed by atoms with van der Waals surface area (Å²) in [7, 11) is -8.27. The molecule has 10 nitrogen and oxygen atoms in total. The molecular weight excluding hydrogens is 591 g/mol. The first-order valence-corrected chi connectivity index (χ1v) is 16.0. The van der Waals surface area contributed by atoms with Crippen molar-refractivity contribution in [2.75, 3.05) is 23.0 Å². The van der Waals surface area contributed by atoms with Crippen LogP contribution in [0.3, 0.4) is 0 Å². The summed E-state index contributed by atoms with van der Waals surface area (Å²) in [4.78, 5) is 1.83. The number of halogens is 2. The summed E-state index contributed by atoms with van der Waals surface area (Å²) in [5, 5.41) is 0.555. The van der Waals surface area contributed by atoms with Gasteiger partial charge < -0.3 is 14.1 Å². The highest BCUT2D eigenvalue weighted by atomic mass is 35.5. The van der Waals surface area contributed by atoms with Gasteiger partial charge in [0.2, 0.25) is 11.5 Å². The van der Waals surface area contributed by atoms with Crippen LogP contribution >= 0.6 is 23.2 Å². The lowest BCUT2D eigenvalue weighted by Crippen LogP contribution is -2.36. The van der Waals surface area contributed by atoms with E-state index in [9.17, 15) is 21.4 Å². The molecule has 210 valence electrons. The third-order valence-corrected chi connectivity index (χ3v) is 8.42. The Bertz CT molecular complexity index is 1660. The molecule has 2 heterocycles. The molecule has 14 heteroatoms. The Morgan fingerprint density at radius 2 is 1.72 bits per heavy atom. The maximum Gasteiger partial charge on any atom is 0.374 e. The van der Waals surface area contributed by atoms with Gasteiger partial charge in [-0.05, 0) is 42.7 Å². The van der Waals surface area contributed by atoms with Gasteiger partial charge in [0, 0.05) is 19.0 Å². The van der Waals surface area contributed by atoms with Crippen LogP contribution in [0.2, 0.25) is 10.0 Å². The van der Waals surface area contributed by atoms with Crippen LogP contribution in [0.1, 0.15) is 32.1 Å². The summed E-state index contributed by atoms with van der Waals surface area (Å²) in [5.41, 5.74) is 2.48. The van der Waals surface area contributed by atoms with E-state index in [1.807, 2.05) is 30.0 Å². The van der Waals surface area contributed by atoms with Crippen molar-refractivity contribution in [2.24, 2.45) is 0 Å². The lowest BCUT2D eigenvalue weighted by atomic mass is 10.1. The molecule has 0 saturated carbocycles. The second kappa shape index (κ2) is 11.9. The minimum atomic E-state index is -4.16. The molecule has 0 fully saturated rings. The topological polar surface area (TPSA) is 138 Å². The molecule has 0 bridgehead atoms. The number of para-hydroxylation sites is 2. The molecule has 0 atom stereocenters. The fourth-order valence-electron chi connectivity index (χ4n) is 4.23. The molecule has 0 spiro atoms. The largest absolute Gasteiger partial charge is 0.439 e. The lowest BCUT2D eigenvalue weighted by molar-refractivity contribution is -0.677. The molecule has 1 aliphatic heterocycles. The number of fused-ring (bicyclic) bond motifs is 2. The highest BCUT2D eigenvalue weighted by Gasteiger charge is 2.28. The minimum Gasteiger partial charge on any atom is -0.439 e. The van der Waals surface area contributed by atoms with Gasteiger partial charge in [0.1, 0.15) is 5.02 Å². The Morgan fingerprint density at radius 1 is 1.03 bits per heavy atom. The standard InChI is InChI=1S/C25H26Cl2N2O8S2/c1-2-17(15-22-28(11-5-13-38(30,31)32)19-7-3-4-8-20(19)36-22)16-23-29(12-6-14-39(33,34)35)25-21(37-23)10-9-18(26)24(25)27/h3-4,7-10,15-16H,2,5-6,11-14H2,1H3,(H-,30,31,32,33,34,35)/p+1. The molecule has 0 unspecified atom stereocenters. The summed E-state index contributed by atoms with van der Waals surface area (Å²) < 4.78 is 77.2. The first kappa shape index (κ1) is 29.4. The first-order valence-electron chi connectivity index (χ1n) is 12.0. The maximum atomic E-state index is 11.3. The summed E-state index contributed by atoms with van der Waals surface area (Å²) in [6.07, 6.45) is 4.41. The highest BCUT2D eigenvalue weighted by Crippen LogP contribution is 2.39. The van der Waals surface area contributed by atoms with Crippen molar-refractivity contribution in [3.63, 3.8) is 0 Å². The summed E-state index contributed by atoms with van der Waals surface area (Å²) in [5.74, 6) is 0.628. The second-order valence-corrected chi connectivity index (χ2v) is 12.8. The van der Waals surface area contributed by atoms with Crippen molar-refractivity contribution in [1.82, 2.24) is 0 Å². The fourth-order valence-corrected chi connectivity index (χ4v) is 5.63. The number of aromatic nitrogens is 1. The van der Waals surface area contributed by atoms with Crippen LogP contribution < -0.4 is 14.2 Å². The molecule has 1 aliphatic rings. The lowest BCUT2D eigenvalue weighted by Gasteiger charge is -2.18. The van der Waals surface area contributed by atoms with Crippen molar-refractivity contribution in [1.29, 1.82) is 0 Å². The molecule has 4 rings (SSSR count). The van der Waals surface area contributed by atoms with Gasteiger partial charge in [-0.15, -0.1) is 0 Å². The van der Waals surface area contributed by atoms with Gasteiger partial charge >= 0.3 is 5.89 Å². The molecule has 0 amide bonds. The number of hydrogen-bond donors (Lipinski definition) is 2. The fraction of sp³-hybridized carbons (Fsp3) is 0.320. The summed E-state index contributed by atoms with van der Waals surface area (Å²) >= 11 is 12.7. The van der Waals surface area contributed by atoms with Gasteiger partial charge in [0.05, 0.1) is 28.3 Å². The van der Waals surface area contributed by atoms with Crippen LogP contribution in [0.4, 0.5) is 5.69 Å². The number of oxazole rings is 1. The van der Waals surface area contributed by atoms with Crippen LogP contribution in [-0.2, 0) is 26.8 Å². The van der Waals surface area contributed by atoms with Crippen LogP contribution in [0.25, 0.3) is 17.2 Å². The number of ether oxygens (including phenoxy) is 1. The van der Waals surface area contributed by atoms with E-state index < -0.39 is 26.0 Å². The van der Waals surface area contributed by atoms with Crippen molar-refractivity contribution >= 4 is 66.3 Å². The molecule has 2 N–H and O–H groups in total. The predicted molar refractivity (Wildman–Crippen MR) is 149 cm³/mol. The average Bonchev–Trinajstić information content (AvgIpc) is 3.37. The molecule has 1 aromatic heterocycles. The van der Waals surface area contributed by atoms with Crippen molar-refractivity contribution < 1.29 is 39.7 Å². The Labute approximate surface area is 236 Å². The molecule has 0 radical (unpaired) electrons. The van der Waals surface area contributed by atoms with Crippen LogP contribution in [0.5, 0.6) is 5.75 Å². The number of nitrogens with zero attached hydrogens (tertiary/aromatic N) is 2. The Kier molecular flexibility index (Phi) is 8.94. The number of anilines is 1. The number of allylic oxidation sites excluding steroid dienone is 2. The number of aryl methyl sites for hydroxylation is 1. The van der Waals surface area contributed by atoms with E-state index in [4.69, 9.17) is 36.9 Å². The van der Waals surface area contributed by atoms with Gasteiger partial charge in [-0.25, -0.2) is 0 Å². The second-order valence-electron chi connectivity index (χ2n) is 8.86. The molecule has 0 aliphatic carbocycles. The molecule has 3 aromatic rings. The molecule has 2 aromatic carbocycles. The third-order valence-electron chi connectivity index (χ3n) is 6.01. The Hall–Kier alpha value is -2.61. The summed E-state index contributed by atoms with van der Waals surface area (Å²) in [6, 6.07) is 10.6. The average molecular weight is 619 g/mol. The molecule has 39 heavy (non-hydrogen) atoms. The monoisotopic (exact) mass is 617 g/mol. The van der Waals surface area contributed by atoms with Crippen molar-refractivity contribution in [2.45, 2.75) is 32.7 Å². The maximum absolute atomic E-state index is 11.3. The number of benzene rings is 2. The minimum absolute atomic E-state index is 0.102. The van der Waals surface area contributed by atoms with Crippen molar-refractivity contribution in [3.05, 3.63) is 69.9 Å². The Morgan fingerprint density at radius 3 is 2.41 bits per heavy atom. The van der Waals surface area contributed by atoms with E-state index in [0.717, 1.165) is 11.3 Å². The highest BCUT2D eigenvalue weighted by molar-refractivity contribution is 7.86. The molecular formula is C25H27Cl2N2O8S2+. The third kappa shape index (κ3) is 7.33. The zero-order valence-electron chi connectivity index (χ0n) is 20.9. The number of rotatable bonds is 11. The van der Waals surface area contributed by atoms with Gasteiger partial charge in [0.15, 0.2) is 12.3 Å². The molecule has 0 saturated heterocycles. The predicted octanol–water partition coefficient (Wildman–Crippen LogP) is 5.12. The van der Waals surface area contributed by atoms with E-state index in [1.165, 1.54) is 0 Å².